The molecule has 0 saturated heterocycles. The lowest BCUT2D eigenvalue weighted by Crippen LogP contribution is -2.13. The van der Waals surface area contributed by atoms with Crippen molar-refractivity contribution in [2.24, 2.45) is 0 Å². The Balaban J connectivity index is 2.26. The fourth-order valence-electron chi connectivity index (χ4n) is 4.23. The van der Waals surface area contributed by atoms with Gasteiger partial charge in [-0.1, -0.05) is 103 Å². The van der Waals surface area contributed by atoms with Crippen LogP contribution in [0, 0.1) is 0 Å². The van der Waals surface area contributed by atoms with Crippen LogP contribution in [0.15, 0.2) is 12.1 Å². The Kier molecular flexibility index (Phi) is 13.9. The van der Waals surface area contributed by atoms with Crippen LogP contribution in [0.5, 0.6) is 0 Å². The van der Waals surface area contributed by atoms with Gasteiger partial charge in [0.05, 0.1) is 11.1 Å². The van der Waals surface area contributed by atoms with Crippen molar-refractivity contribution in [2.75, 3.05) is 0 Å². The summed E-state index contributed by atoms with van der Waals surface area (Å²) in [6.07, 6.45) is 19.3. The highest BCUT2D eigenvalue weighted by Gasteiger charge is 2.21. The molecule has 0 unspecified atom stereocenters. The molecule has 2 N–H and O–H groups in total. The molecular weight excluding hydrogens is 376 g/mol. The van der Waals surface area contributed by atoms with Crippen LogP contribution < -0.4 is 0 Å². The predicted octanol–water partition coefficient (Wildman–Crippen LogP) is 7.67. The highest BCUT2D eigenvalue weighted by molar-refractivity contribution is 6.03. The van der Waals surface area contributed by atoms with Crippen molar-refractivity contribution in [1.29, 1.82) is 0 Å². The third-order valence-electron chi connectivity index (χ3n) is 6.02. The van der Waals surface area contributed by atoms with E-state index in [1.54, 1.807) is 6.07 Å². The first kappa shape index (κ1) is 26.2. The van der Waals surface area contributed by atoms with Crippen molar-refractivity contribution in [1.82, 2.24) is 0 Å². The van der Waals surface area contributed by atoms with Gasteiger partial charge in [0.25, 0.3) is 0 Å². The lowest BCUT2D eigenvalue weighted by atomic mass is 9.90. The second-order valence-electron chi connectivity index (χ2n) is 8.44. The van der Waals surface area contributed by atoms with Crippen LogP contribution in [0.2, 0.25) is 0 Å². The lowest BCUT2D eigenvalue weighted by Gasteiger charge is -2.14. The van der Waals surface area contributed by atoms with Gasteiger partial charge in [-0.25, -0.2) is 9.59 Å². The average Bonchev–Trinajstić information content (AvgIpc) is 2.73. The van der Waals surface area contributed by atoms with E-state index in [0.717, 1.165) is 18.4 Å². The summed E-state index contributed by atoms with van der Waals surface area (Å²) in [5, 5.41) is 18.9. The zero-order chi connectivity index (χ0) is 22.2. The van der Waals surface area contributed by atoms with E-state index in [-0.39, 0.29) is 11.1 Å². The fraction of sp³-hybridized carbons (Fsp3) is 0.692. The maximum Gasteiger partial charge on any atom is 0.336 e. The predicted molar refractivity (Wildman–Crippen MR) is 124 cm³/mol. The molecule has 0 aliphatic rings. The van der Waals surface area contributed by atoms with Crippen LogP contribution in [-0.2, 0) is 12.8 Å². The highest BCUT2D eigenvalue weighted by atomic mass is 16.4. The topological polar surface area (TPSA) is 74.6 Å². The summed E-state index contributed by atoms with van der Waals surface area (Å²) in [6.45, 7) is 4.24. The molecule has 0 atom stereocenters. The average molecular weight is 419 g/mol. The van der Waals surface area contributed by atoms with Crippen LogP contribution in [0.1, 0.15) is 136 Å². The zero-order valence-corrected chi connectivity index (χ0v) is 19.2. The van der Waals surface area contributed by atoms with Crippen LogP contribution >= 0.6 is 0 Å². The zero-order valence-electron chi connectivity index (χ0n) is 19.2. The van der Waals surface area contributed by atoms with Gasteiger partial charge in [-0.05, 0) is 36.5 Å². The van der Waals surface area contributed by atoms with Crippen molar-refractivity contribution in [3.8, 4) is 0 Å². The number of aryl methyl sites for hydroxylation is 1. The molecule has 0 aromatic heterocycles. The number of carboxylic acid groups (broad SMARTS) is 2. The summed E-state index contributed by atoms with van der Waals surface area (Å²) in [5.74, 6) is -2.31. The summed E-state index contributed by atoms with van der Waals surface area (Å²) in [6, 6.07) is 3.20. The van der Waals surface area contributed by atoms with E-state index in [1.807, 2.05) is 6.92 Å². The first-order valence-electron chi connectivity index (χ1n) is 12.1. The Morgan fingerprint density at radius 3 is 1.53 bits per heavy atom. The fourth-order valence-corrected chi connectivity index (χ4v) is 4.23. The van der Waals surface area contributed by atoms with E-state index < -0.39 is 11.9 Å². The molecule has 1 aromatic carbocycles. The molecule has 1 rings (SSSR count). The van der Waals surface area contributed by atoms with Crippen LogP contribution in [0.25, 0.3) is 0 Å². The number of unbranched alkanes of at least 4 members (excludes halogenated alkanes) is 13. The minimum absolute atomic E-state index is 0.0171. The third-order valence-corrected chi connectivity index (χ3v) is 6.02. The second-order valence-corrected chi connectivity index (χ2v) is 8.44. The van der Waals surface area contributed by atoms with E-state index in [4.69, 9.17) is 0 Å². The summed E-state index contributed by atoms with van der Waals surface area (Å²) >= 11 is 0. The van der Waals surface area contributed by atoms with Gasteiger partial charge in [0.2, 0.25) is 0 Å². The molecule has 0 saturated carbocycles. The number of carboxylic acids is 2. The summed E-state index contributed by atoms with van der Waals surface area (Å²) < 4.78 is 0. The lowest BCUT2D eigenvalue weighted by molar-refractivity contribution is 0.0650. The van der Waals surface area contributed by atoms with E-state index in [0.29, 0.717) is 18.4 Å². The largest absolute Gasteiger partial charge is 0.478 e. The van der Waals surface area contributed by atoms with Crippen LogP contribution in [0.3, 0.4) is 0 Å². The quantitative estimate of drug-likeness (QED) is 0.240. The molecule has 0 aliphatic carbocycles. The molecule has 0 spiro atoms. The van der Waals surface area contributed by atoms with Crippen LogP contribution in [-0.4, -0.2) is 22.2 Å². The van der Waals surface area contributed by atoms with Crippen molar-refractivity contribution in [2.45, 2.75) is 117 Å². The molecule has 0 radical (unpaired) electrons. The third kappa shape index (κ3) is 9.77. The Hall–Kier alpha value is -1.84. The van der Waals surface area contributed by atoms with Crippen LogP contribution in [0.4, 0.5) is 0 Å². The van der Waals surface area contributed by atoms with E-state index >= 15 is 0 Å². The Bertz CT molecular complexity index is 636. The molecular formula is C26H42O4. The van der Waals surface area contributed by atoms with Gasteiger partial charge in [0.15, 0.2) is 0 Å². The van der Waals surface area contributed by atoms with Gasteiger partial charge in [0.1, 0.15) is 0 Å². The number of carbonyl (C=O) groups is 2. The minimum atomic E-state index is -1.17. The number of hydrogen-bond donors (Lipinski definition) is 2. The Labute approximate surface area is 183 Å². The molecule has 4 nitrogen and oxygen atoms in total. The first-order chi connectivity index (χ1) is 14.5. The van der Waals surface area contributed by atoms with Crippen molar-refractivity contribution >= 4 is 11.9 Å². The SMILES string of the molecule is CCCCCCCCCCCCCCCCc1c(CC)ccc(C(=O)O)c1C(=O)O. The first-order valence-corrected chi connectivity index (χ1v) is 12.1. The highest BCUT2D eigenvalue weighted by Crippen LogP contribution is 2.23. The molecule has 4 heteroatoms. The van der Waals surface area contributed by atoms with Gasteiger partial charge in [-0.2, -0.15) is 0 Å². The molecule has 1 aromatic rings. The number of aromatic carboxylic acids is 2. The van der Waals surface area contributed by atoms with Gasteiger partial charge in [-0.15, -0.1) is 0 Å². The maximum absolute atomic E-state index is 11.7. The van der Waals surface area contributed by atoms with Crippen molar-refractivity contribution in [3.63, 3.8) is 0 Å². The molecule has 0 aliphatic heterocycles. The molecule has 0 amide bonds. The second kappa shape index (κ2) is 15.9. The van der Waals surface area contributed by atoms with E-state index in [2.05, 4.69) is 6.92 Å². The molecule has 30 heavy (non-hydrogen) atoms. The van der Waals surface area contributed by atoms with Gasteiger partial charge >= 0.3 is 11.9 Å². The summed E-state index contributed by atoms with van der Waals surface area (Å²) in [4.78, 5) is 23.1. The minimum Gasteiger partial charge on any atom is -0.478 e. The van der Waals surface area contributed by atoms with E-state index in [1.165, 1.54) is 83.1 Å². The monoisotopic (exact) mass is 418 g/mol. The number of hydrogen-bond acceptors (Lipinski definition) is 2. The van der Waals surface area contributed by atoms with Gasteiger partial charge in [-0.3, -0.25) is 0 Å². The van der Waals surface area contributed by atoms with Crippen molar-refractivity contribution < 1.29 is 19.8 Å². The standard InChI is InChI=1S/C26H42O4/c1-3-5-6-7-8-9-10-11-12-13-14-15-16-17-18-22-21(4-2)19-20-23(25(27)28)24(22)26(29)30/h19-20H,3-18H2,1-2H3,(H,27,28)(H,29,30). The smallest absolute Gasteiger partial charge is 0.336 e. The maximum atomic E-state index is 11.7. The molecule has 0 bridgehead atoms. The Morgan fingerprint density at radius 2 is 1.13 bits per heavy atom. The van der Waals surface area contributed by atoms with E-state index in [9.17, 15) is 19.8 Å². The molecule has 170 valence electrons. The molecule has 0 heterocycles. The van der Waals surface area contributed by atoms with Gasteiger partial charge < -0.3 is 10.2 Å². The summed E-state index contributed by atoms with van der Waals surface area (Å²) in [5.41, 5.74) is 1.55. The normalized spacial score (nSPS) is 11.0. The number of benzene rings is 1. The molecule has 0 fully saturated rings. The van der Waals surface area contributed by atoms with Gasteiger partial charge in [0, 0.05) is 0 Å². The number of rotatable bonds is 18. The summed E-state index contributed by atoms with van der Waals surface area (Å²) in [7, 11) is 0. The van der Waals surface area contributed by atoms with Crippen molar-refractivity contribution in [3.05, 3.63) is 34.4 Å². The Morgan fingerprint density at radius 1 is 0.667 bits per heavy atom.